The number of rotatable bonds is 4. The van der Waals surface area contributed by atoms with Crippen molar-refractivity contribution in [2.75, 3.05) is 18.2 Å². The Balaban J connectivity index is 2.26. The SMILES string of the molecule is COC(=O)C(Nc1nc2ccc(N)cc2[nH]1)C(C)C. The second-order valence-corrected chi connectivity index (χ2v) is 4.75. The van der Waals surface area contributed by atoms with E-state index < -0.39 is 6.04 Å². The molecule has 0 amide bonds. The van der Waals surface area contributed by atoms with Crippen LogP contribution in [0.2, 0.25) is 0 Å². The maximum absolute atomic E-state index is 11.7. The quantitative estimate of drug-likeness (QED) is 0.576. The third-order valence-corrected chi connectivity index (χ3v) is 2.92. The molecule has 6 nitrogen and oxygen atoms in total. The molecule has 0 aliphatic carbocycles. The summed E-state index contributed by atoms with van der Waals surface area (Å²) >= 11 is 0. The summed E-state index contributed by atoms with van der Waals surface area (Å²) in [6, 6.07) is 4.97. The number of aromatic nitrogens is 2. The van der Waals surface area contributed by atoms with E-state index in [0.717, 1.165) is 11.0 Å². The Hall–Kier alpha value is -2.24. The van der Waals surface area contributed by atoms with Gasteiger partial charge in [0, 0.05) is 5.69 Å². The number of anilines is 2. The highest BCUT2D eigenvalue weighted by Crippen LogP contribution is 2.19. The number of nitrogens with one attached hydrogen (secondary N) is 2. The van der Waals surface area contributed by atoms with Crippen molar-refractivity contribution in [2.24, 2.45) is 5.92 Å². The molecule has 2 rings (SSSR count). The summed E-state index contributed by atoms with van der Waals surface area (Å²) in [6.45, 7) is 3.88. The number of nitrogen functional groups attached to an aromatic ring is 1. The number of esters is 1. The van der Waals surface area contributed by atoms with Crippen molar-refractivity contribution in [1.82, 2.24) is 9.97 Å². The summed E-state index contributed by atoms with van der Waals surface area (Å²) in [5, 5.41) is 3.06. The zero-order valence-corrected chi connectivity index (χ0v) is 11.2. The van der Waals surface area contributed by atoms with Crippen molar-refractivity contribution in [3.05, 3.63) is 18.2 Å². The fourth-order valence-corrected chi connectivity index (χ4v) is 1.87. The number of H-pyrrole nitrogens is 1. The van der Waals surface area contributed by atoms with Crippen LogP contribution in [0.3, 0.4) is 0 Å². The van der Waals surface area contributed by atoms with Crippen LogP contribution >= 0.6 is 0 Å². The summed E-state index contributed by atoms with van der Waals surface area (Å²) in [5.74, 6) is 0.311. The van der Waals surface area contributed by atoms with Gasteiger partial charge in [0.05, 0.1) is 18.1 Å². The van der Waals surface area contributed by atoms with Crippen molar-refractivity contribution in [1.29, 1.82) is 0 Å². The van der Waals surface area contributed by atoms with Crippen LogP contribution in [0.15, 0.2) is 18.2 Å². The van der Waals surface area contributed by atoms with Gasteiger partial charge in [-0.2, -0.15) is 0 Å². The van der Waals surface area contributed by atoms with Gasteiger partial charge in [0.25, 0.3) is 0 Å². The second kappa shape index (κ2) is 5.17. The highest BCUT2D eigenvalue weighted by Gasteiger charge is 2.23. The fraction of sp³-hybridized carbons (Fsp3) is 0.385. The lowest BCUT2D eigenvalue weighted by Crippen LogP contribution is -2.35. The molecule has 0 spiro atoms. The van der Waals surface area contributed by atoms with E-state index in [9.17, 15) is 4.79 Å². The van der Waals surface area contributed by atoms with Gasteiger partial charge in [0.2, 0.25) is 5.95 Å². The minimum Gasteiger partial charge on any atom is -0.467 e. The number of hydrogen-bond acceptors (Lipinski definition) is 5. The molecule has 0 saturated carbocycles. The lowest BCUT2D eigenvalue weighted by molar-refractivity contribution is -0.142. The number of carbonyl (C=O) groups excluding carboxylic acids is 1. The third-order valence-electron chi connectivity index (χ3n) is 2.92. The topological polar surface area (TPSA) is 93.0 Å². The van der Waals surface area contributed by atoms with Gasteiger partial charge in [-0.25, -0.2) is 9.78 Å². The van der Waals surface area contributed by atoms with Gasteiger partial charge in [-0.15, -0.1) is 0 Å². The molecule has 1 unspecified atom stereocenters. The van der Waals surface area contributed by atoms with Crippen LogP contribution < -0.4 is 11.1 Å². The maximum atomic E-state index is 11.7. The van der Waals surface area contributed by atoms with Crippen molar-refractivity contribution >= 4 is 28.6 Å². The number of nitrogens with two attached hydrogens (primary N) is 1. The highest BCUT2D eigenvalue weighted by atomic mass is 16.5. The van der Waals surface area contributed by atoms with Crippen molar-refractivity contribution in [3.63, 3.8) is 0 Å². The standard InChI is InChI=1S/C13H18N4O2/c1-7(2)11(12(18)19-3)17-13-15-9-5-4-8(14)6-10(9)16-13/h4-7,11H,14H2,1-3H3,(H2,15,16,17). The van der Waals surface area contributed by atoms with Gasteiger partial charge in [-0.05, 0) is 24.1 Å². The van der Waals surface area contributed by atoms with E-state index in [1.165, 1.54) is 7.11 Å². The third kappa shape index (κ3) is 2.78. The minimum absolute atomic E-state index is 0.0886. The van der Waals surface area contributed by atoms with Crippen molar-refractivity contribution < 1.29 is 9.53 Å². The number of benzene rings is 1. The van der Waals surface area contributed by atoms with Crippen LogP contribution in [-0.2, 0) is 9.53 Å². The van der Waals surface area contributed by atoms with Gasteiger partial charge < -0.3 is 20.8 Å². The molecule has 0 aliphatic heterocycles. The number of carbonyl (C=O) groups is 1. The first-order valence-corrected chi connectivity index (χ1v) is 6.11. The van der Waals surface area contributed by atoms with E-state index in [0.29, 0.717) is 11.6 Å². The van der Waals surface area contributed by atoms with E-state index in [1.54, 1.807) is 12.1 Å². The van der Waals surface area contributed by atoms with Crippen LogP contribution in [0.4, 0.5) is 11.6 Å². The smallest absolute Gasteiger partial charge is 0.328 e. The highest BCUT2D eigenvalue weighted by molar-refractivity contribution is 5.83. The Bertz CT molecular complexity index is 591. The number of hydrogen-bond donors (Lipinski definition) is 3. The molecular formula is C13H18N4O2. The van der Waals surface area contributed by atoms with E-state index in [-0.39, 0.29) is 11.9 Å². The van der Waals surface area contributed by atoms with Crippen LogP contribution in [0.5, 0.6) is 0 Å². The average molecular weight is 262 g/mol. The predicted molar refractivity (Wildman–Crippen MR) is 74.8 cm³/mol. The largest absolute Gasteiger partial charge is 0.467 e. The predicted octanol–water partition coefficient (Wildman–Crippen LogP) is 1.75. The van der Waals surface area contributed by atoms with Crippen LogP contribution in [0.1, 0.15) is 13.8 Å². The van der Waals surface area contributed by atoms with Gasteiger partial charge in [-0.1, -0.05) is 13.8 Å². The van der Waals surface area contributed by atoms with Crippen LogP contribution in [0, 0.1) is 5.92 Å². The molecule has 19 heavy (non-hydrogen) atoms. The Morgan fingerprint density at radius 1 is 1.47 bits per heavy atom. The molecule has 102 valence electrons. The Morgan fingerprint density at radius 3 is 2.84 bits per heavy atom. The zero-order chi connectivity index (χ0) is 14.0. The van der Waals surface area contributed by atoms with E-state index in [4.69, 9.17) is 10.5 Å². The Morgan fingerprint density at radius 2 is 2.21 bits per heavy atom. The summed E-state index contributed by atoms with van der Waals surface area (Å²) in [6.07, 6.45) is 0. The molecule has 2 aromatic rings. The molecule has 0 fully saturated rings. The lowest BCUT2D eigenvalue weighted by Gasteiger charge is -2.18. The van der Waals surface area contributed by atoms with E-state index >= 15 is 0 Å². The molecule has 0 bridgehead atoms. The van der Waals surface area contributed by atoms with Gasteiger partial charge >= 0.3 is 5.97 Å². The zero-order valence-electron chi connectivity index (χ0n) is 11.2. The molecule has 4 N–H and O–H groups in total. The van der Waals surface area contributed by atoms with E-state index in [2.05, 4.69) is 15.3 Å². The molecule has 0 saturated heterocycles. The molecule has 1 heterocycles. The van der Waals surface area contributed by atoms with Gasteiger partial charge in [-0.3, -0.25) is 0 Å². The maximum Gasteiger partial charge on any atom is 0.328 e. The molecule has 1 aromatic carbocycles. The summed E-state index contributed by atoms with van der Waals surface area (Å²) < 4.78 is 4.78. The molecule has 1 atom stereocenters. The number of methoxy groups -OCH3 is 1. The molecule has 1 aromatic heterocycles. The minimum atomic E-state index is -0.442. The Labute approximate surface area is 111 Å². The normalized spacial score (nSPS) is 12.6. The lowest BCUT2D eigenvalue weighted by atomic mass is 10.1. The van der Waals surface area contributed by atoms with Gasteiger partial charge in [0.1, 0.15) is 6.04 Å². The summed E-state index contributed by atoms with van der Waals surface area (Å²) in [5.41, 5.74) is 8.00. The molecule has 0 radical (unpaired) electrons. The van der Waals surface area contributed by atoms with Crippen molar-refractivity contribution in [2.45, 2.75) is 19.9 Å². The van der Waals surface area contributed by atoms with Crippen LogP contribution in [-0.4, -0.2) is 29.1 Å². The van der Waals surface area contributed by atoms with E-state index in [1.807, 2.05) is 19.9 Å². The average Bonchev–Trinajstić information content (AvgIpc) is 2.76. The molecule has 6 heteroatoms. The monoisotopic (exact) mass is 262 g/mol. The summed E-state index contributed by atoms with van der Waals surface area (Å²) in [4.78, 5) is 19.1. The molecular weight excluding hydrogens is 244 g/mol. The summed E-state index contributed by atoms with van der Waals surface area (Å²) in [7, 11) is 1.37. The van der Waals surface area contributed by atoms with Gasteiger partial charge in [0.15, 0.2) is 0 Å². The van der Waals surface area contributed by atoms with Crippen LogP contribution in [0.25, 0.3) is 11.0 Å². The first-order valence-electron chi connectivity index (χ1n) is 6.11. The number of ether oxygens (including phenoxy) is 1. The first kappa shape index (κ1) is 13.2. The first-order chi connectivity index (χ1) is 9.01. The Kier molecular flexibility index (Phi) is 3.59. The number of nitrogens with zero attached hydrogens (tertiary/aromatic N) is 1. The molecule has 0 aliphatic rings. The number of aromatic amines is 1. The fourth-order valence-electron chi connectivity index (χ4n) is 1.87. The second-order valence-electron chi connectivity index (χ2n) is 4.75. The number of fused-ring (bicyclic) bond motifs is 1. The van der Waals surface area contributed by atoms with Crippen molar-refractivity contribution in [3.8, 4) is 0 Å². The number of imidazole rings is 1.